The third kappa shape index (κ3) is 5.07. The molecular weight excluding hydrogens is 438 g/mol. The van der Waals surface area contributed by atoms with E-state index in [0.29, 0.717) is 22.2 Å². The predicted octanol–water partition coefficient (Wildman–Crippen LogP) is 6.20. The van der Waals surface area contributed by atoms with Gasteiger partial charge in [0, 0.05) is 33.3 Å². The van der Waals surface area contributed by atoms with Crippen LogP contribution in [-0.4, -0.2) is 16.6 Å². The van der Waals surface area contributed by atoms with Gasteiger partial charge in [-0.05, 0) is 48.6 Å². The maximum absolute atomic E-state index is 12.6. The molecule has 0 saturated carbocycles. The predicted molar refractivity (Wildman–Crippen MR) is 109 cm³/mol. The van der Waals surface area contributed by atoms with E-state index in [0.717, 1.165) is 34.1 Å². The van der Waals surface area contributed by atoms with Gasteiger partial charge in [0.2, 0.25) is 0 Å². The Balaban J connectivity index is 1.69. The normalized spacial score (nSPS) is 15.4. The molecule has 0 bridgehead atoms. The fourth-order valence-corrected chi connectivity index (χ4v) is 4.29. The number of hydrazone groups is 1. The summed E-state index contributed by atoms with van der Waals surface area (Å²) in [5, 5.41) is 8.35. The molecule has 2 aromatic carbocycles. The van der Waals surface area contributed by atoms with Crippen LogP contribution in [0.3, 0.4) is 0 Å². The second kappa shape index (κ2) is 8.26. The number of halogens is 5. The van der Waals surface area contributed by atoms with Crippen LogP contribution in [-0.2, 0) is 6.18 Å². The van der Waals surface area contributed by atoms with Crippen molar-refractivity contribution in [1.29, 1.82) is 0 Å². The molecule has 27 heavy (non-hydrogen) atoms. The molecule has 0 saturated heterocycles. The lowest BCUT2D eigenvalue weighted by molar-refractivity contribution is -0.137. The molecule has 3 rings (SSSR count). The van der Waals surface area contributed by atoms with E-state index >= 15 is 0 Å². The summed E-state index contributed by atoms with van der Waals surface area (Å²) in [4.78, 5) is 0.912. The largest absolute Gasteiger partial charge is 0.416 e. The molecular formula is C17H12Cl2F3N3S2. The molecule has 10 heteroatoms. The van der Waals surface area contributed by atoms with E-state index in [1.807, 2.05) is 0 Å². The quantitative estimate of drug-likeness (QED) is 0.422. The van der Waals surface area contributed by atoms with E-state index in [1.165, 1.54) is 12.1 Å². The maximum atomic E-state index is 12.6. The molecule has 0 aromatic heterocycles. The number of thiocarbonyl (C=S) groups is 1. The first-order chi connectivity index (χ1) is 12.7. The van der Waals surface area contributed by atoms with E-state index in [4.69, 9.17) is 35.4 Å². The molecule has 0 radical (unpaired) electrons. The first-order valence-electron chi connectivity index (χ1n) is 7.67. The van der Waals surface area contributed by atoms with Crippen LogP contribution in [0.1, 0.15) is 17.5 Å². The number of hydrogen-bond acceptors (Lipinski definition) is 3. The summed E-state index contributed by atoms with van der Waals surface area (Å²) in [6.45, 7) is 0. The Hall–Kier alpha value is -1.48. The highest BCUT2D eigenvalue weighted by molar-refractivity contribution is 7.99. The van der Waals surface area contributed by atoms with Crippen LogP contribution in [0.5, 0.6) is 0 Å². The zero-order valence-electron chi connectivity index (χ0n) is 13.5. The Bertz CT molecular complexity index is 900. The first-order valence-corrected chi connectivity index (χ1v) is 9.82. The molecule has 1 aliphatic heterocycles. The SMILES string of the molecule is FC(F)(F)c1ccc(NC(=S)N/N=C2\CCSc3c(Cl)cc(Cl)cc32)cc1. The average Bonchev–Trinajstić information content (AvgIpc) is 2.59. The number of anilines is 1. The molecule has 3 nitrogen and oxygen atoms in total. The molecule has 2 aromatic rings. The van der Waals surface area contributed by atoms with Gasteiger partial charge in [0.15, 0.2) is 5.11 Å². The lowest BCUT2D eigenvalue weighted by Gasteiger charge is -2.19. The van der Waals surface area contributed by atoms with Crippen LogP contribution in [0.2, 0.25) is 10.0 Å². The lowest BCUT2D eigenvalue weighted by Crippen LogP contribution is -2.26. The van der Waals surface area contributed by atoms with Crippen molar-refractivity contribution in [2.75, 3.05) is 11.1 Å². The van der Waals surface area contributed by atoms with Gasteiger partial charge in [0.25, 0.3) is 0 Å². The Morgan fingerprint density at radius 2 is 1.85 bits per heavy atom. The van der Waals surface area contributed by atoms with Crippen molar-refractivity contribution in [2.45, 2.75) is 17.5 Å². The Kier molecular flexibility index (Phi) is 6.20. The van der Waals surface area contributed by atoms with Crippen molar-refractivity contribution in [3.63, 3.8) is 0 Å². The van der Waals surface area contributed by atoms with E-state index < -0.39 is 11.7 Å². The summed E-state index contributed by atoms with van der Waals surface area (Å²) >= 11 is 19.1. The Morgan fingerprint density at radius 3 is 2.52 bits per heavy atom. The van der Waals surface area contributed by atoms with E-state index in [2.05, 4.69) is 15.8 Å². The van der Waals surface area contributed by atoms with Crippen molar-refractivity contribution in [1.82, 2.24) is 5.43 Å². The molecule has 0 atom stereocenters. The molecule has 1 heterocycles. The number of rotatable bonds is 2. The number of alkyl halides is 3. The highest BCUT2D eigenvalue weighted by Crippen LogP contribution is 2.38. The van der Waals surface area contributed by atoms with Crippen molar-refractivity contribution in [3.8, 4) is 0 Å². The highest BCUT2D eigenvalue weighted by Gasteiger charge is 2.30. The summed E-state index contributed by atoms with van der Waals surface area (Å²) in [6.07, 6.45) is -3.68. The van der Waals surface area contributed by atoms with Gasteiger partial charge in [-0.1, -0.05) is 23.2 Å². The summed E-state index contributed by atoms with van der Waals surface area (Å²) in [5.41, 5.74) is 4.01. The van der Waals surface area contributed by atoms with Crippen LogP contribution >= 0.6 is 47.2 Å². The number of nitrogens with one attached hydrogen (secondary N) is 2. The standard InChI is InChI=1S/C17H12Cl2F3N3S2/c18-10-7-12-14(5-6-27-15(12)13(19)8-10)24-25-16(26)23-11-3-1-9(2-4-11)17(20,21)22/h1-4,7-8H,5-6H2,(H2,23,25,26)/b24-14+. The fourth-order valence-electron chi connectivity index (χ4n) is 2.44. The number of nitrogens with zero attached hydrogens (tertiary/aromatic N) is 1. The number of fused-ring (bicyclic) bond motifs is 1. The first kappa shape index (κ1) is 20.3. The maximum Gasteiger partial charge on any atom is 0.416 e. The van der Waals surface area contributed by atoms with Gasteiger partial charge in [-0.25, -0.2) is 0 Å². The minimum Gasteiger partial charge on any atom is -0.331 e. The van der Waals surface area contributed by atoms with Crippen LogP contribution in [0, 0.1) is 0 Å². The third-order valence-corrected chi connectivity index (χ3v) is 5.63. The molecule has 1 aliphatic rings. The lowest BCUT2D eigenvalue weighted by atomic mass is 10.1. The fraction of sp³-hybridized carbons (Fsp3) is 0.176. The summed E-state index contributed by atoms with van der Waals surface area (Å²) in [6, 6.07) is 8.04. The van der Waals surface area contributed by atoms with Crippen LogP contribution in [0.25, 0.3) is 0 Å². The number of benzene rings is 2. The topological polar surface area (TPSA) is 36.4 Å². The minimum atomic E-state index is -4.38. The van der Waals surface area contributed by atoms with Crippen molar-refractivity contribution in [2.24, 2.45) is 5.10 Å². The van der Waals surface area contributed by atoms with Gasteiger partial charge in [-0.3, -0.25) is 5.43 Å². The third-order valence-electron chi connectivity index (χ3n) is 3.67. The summed E-state index contributed by atoms with van der Waals surface area (Å²) < 4.78 is 37.8. The van der Waals surface area contributed by atoms with Crippen LogP contribution in [0.15, 0.2) is 46.4 Å². The molecule has 0 fully saturated rings. The van der Waals surface area contributed by atoms with E-state index in [-0.39, 0.29) is 5.11 Å². The minimum absolute atomic E-state index is 0.162. The summed E-state index contributed by atoms with van der Waals surface area (Å²) in [7, 11) is 0. The van der Waals surface area contributed by atoms with Gasteiger partial charge in [0.05, 0.1) is 16.3 Å². The van der Waals surface area contributed by atoms with Crippen LogP contribution < -0.4 is 10.7 Å². The van der Waals surface area contributed by atoms with Gasteiger partial charge in [-0.2, -0.15) is 18.3 Å². The number of thioether (sulfide) groups is 1. The molecule has 142 valence electrons. The monoisotopic (exact) mass is 449 g/mol. The van der Waals surface area contributed by atoms with Crippen molar-refractivity contribution in [3.05, 3.63) is 57.6 Å². The van der Waals surface area contributed by atoms with Gasteiger partial charge >= 0.3 is 6.18 Å². The molecule has 0 spiro atoms. The zero-order valence-corrected chi connectivity index (χ0v) is 16.7. The van der Waals surface area contributed by atoms with Gasteiger partial charge in [0.1, 0.15) is 0 Å². The zero-order chi connectivity index (χ0) is 19.6. The average molecular weight is 450 g/mol. The van der Waals surface area contributed by atoms with Crippen molar-refractivity contribution >= 4 is 63.7 Å². The van der Waals surface area contributed by atoms with Gasteiger partial charge in [-0.15, -0.1) is 11.8 Å². The second-order valence-corrected chi connectivity index (χ2v) is 7.92. The highest BCUT2D eigenvalue weighted by atomic mass is 35.5. The van der Waals surface area contributed by atoms with E-state index in [1.54, 1.807) is 23.9 Å². The Labute approximate surface area is 173 Å². The molecule has 0 unspecified atom stereocenters. The number of hydrogen-bond donors (Lipinski definition) is 2. The van der Waals surface area contributed by atoms with Crippen LogP contribution in [0.4, 0.5) is 18.9 Å². The molecule has 0 amide bonds. The second-order valence-electron chi connectivity index (χ2n) is 5.56. The smallest absolute Gasteiger partial charge is 0.331 e. The summed E-state index contributed by atoms with van der Waals surface area (Å²) in [5.74, 6) is 0.813. The van der Waals surface area contributed by atoms with Gasteiger partial charge < -0.3 is 5.32 Å². The molecule has 0 aliphatic carbocycles. The van der Waals surface area contributed by atoms with Crippen molar-refractivity contribution < 1.29 is 13.2 Å². The molecule has 2 N–H and O–H groups in total. The Morgan fingerprint density at radius 1 is 1.15 bits per heavy atom. The van der Waals surface area contributed by atoms with E-state index in [9.17, 15) is 13.2 Å².